The first-order chi connectivity index (χ1) is 8.52. The fraction of sp³-hybridized carbons (Fsp3) is 0.667. The monoisotopic (exact) mass is 247 g/mol. The Balaban J connectivity index is 2.02. The van der Waals surface area contributed by atoms with Gasteiger partial charge in [0.2, 0.25) is 0 Å². The minimum atomic E-state index is 0.319. The Bertz CT molecular complexity index is 373. The largest absolute Gasteiger partial charge is 0.370 e. The summed E-state index contributed by atoms with van der Waals surface area (Å²) in [6.45, 7) is 9.15. The summed E-state index contributed by atoms with van der Waals surface area (Å²) in [6.07, 6.45) is 4.55. The van der Waals surface area contributed by atoms with Crippen LogP contribution in [-0.2, 0) is 0 Å². The van der Waals surface area contributed by atoms with Crippen molar-refractivity contribution in [1.29, 1.82) is 0 Å². The summed E-state index contributed by atoms with van der Waals surface area (Å²) in [5.41, 5.74) is 2.88. The summed E-state index contributed by atoms with van der Waals surface area (Å²) in [5, 5.41) is 3.21. The van der Waals surface area contributed by atoms with Crippen LogP contribution in [0.3, 0.4) is 0 Å². The van der Waals surface area contributed by atoms with E-state index in [9.17, 15) is 0 Å². The van der Waals surface area contributed by atoms with Crippen LogP contribution in [0.15, 0.2) is 18.3 Å². The zero-order chi connectivity index (χ0) is 13.2. The van der Waals surface area contributed by atoms with Crippen molar-refractivity contribution in [3.8, 4) is 0 Å². The predicted octanol–water partition coefficient (Wildman–Crippen LogP) is 2.99. The van der Waals surface area contributed by atoms with Crippen molar-refractivity contribution in [2.24, 2.45) is 5.41 Å². The summed E-state index contributed by atoms with van der Waals surface area (Å²) in [6, 6.07) is 4.66. The van der Waals surface area contributed by atoms with E-state index >= 15 is 0 Å². The number of hydrogen-bond acceptors (Lipinski definition) is 3. The van der Waals surface area contributed by atoms with Gasteiger partial charge in [0.05, 0.1) is 17.6 Å². The molecule has 1 aromatic rings. The van der Waals surface area contributed by atoms with Crippen LogP contribution in [0.2, 0.25) is 0 Å². The summed E-state index contributed by atoms with van der Waals surface area (Å²) < 4.78 is 0. The maximum absolute atomic E-state index is 4.56. The Morgan fingerprint density at radius 1 is 1.28 bits per heavy atom. The van der Waals surface area contributed by atoms with Crippen LogP contribution >= 0.6 is 0 Å². The molecule has 0 saturated carbocycles. The normalized spacial score (nSPS) is 20.8. The Hall–Kier alpha value is -1.09. The Morgan fingerprint density at radius 3 is 2.44 bits per heavy atom. The number of pyridine rings is 1. The van der Waals surface area contributed by atoms with Gasteiger partial charge in [-0.05, 0) is 44.4 Å². The average Bonchev–Trinajstić information content (AvgIpc) is 2.38. The minimum Gasteiger partial charge on any atom is -0.370 e. The molecule has 2 rings (SSSR count). The number of hydrogen-bond donors (Lipinski definition) is 1. The van der Waals surface area contributed by atoms with Crippen molar-refractivity contribution < 1.29 is 0 Å². The number of piperidine rings is 1. The number of aromatic nitrogens is 1. The molecule has 1 aromatic heterocycles. The molecule has 0 spiro atoms. The lowest BCUT2D eigenvalue weighted by atomic mass is 9.82. The topological polar surface area (TPSA) is 28.2 Å². The zero-order valence-corrected chi connectivity index (χ0v) is 12.0. The molecule has 1 fully saturated rings. The highest BCUT2D eigenvalue weighted by molar-refractivity contribution is 5.45. The van der Waals surface area contributed by atoms with Crippen molar-refractivity contribution in [3.05, 3.63) is 24.0 Å². The first-order valence-corrected chi connectivity index (χ1v) is 6.90. The number of nitrogens with zero attached hydrogens (tertiary/aromatic N) is 2. The molecule has 3 heteroatoms. The lowest BCUT2D eigenvalue weighted by molar-refractivity contribution is 0.280. The van der Waals surface area contributed by atoms with Gasteiger partial charge in [0.25, 0.3) is 0 Å². The van der Waals surface area contributed by atoms with E-state index in [0.717, 1.165) is 18.8 Å². The third-order valence-corrected chi connectivity index (χ3v) is 4.13. The highest BCUT2D eigenvalue weighted by Gasteiger charge is 2.25. The molecule has 0 amide bonds. The zero-order valence-electron chi connectivity index (χ0n) is 12.0. The second-order valence-electron chi connectivity index (χ2n) is 6.10. The summed E-state index contributed by atoms with van der Waals surface area (Å²) >= 11 is 0. The molecule has 0 aromatic carbocycles. The summed E-state index contributed by atoms with van der Waals surface area (Å²) in [5.74, 6) is 0. The second-order valence-corrected chi connectivity index (χ2v) is 6.10. The molecule has 0 radical (unpaired) electrons. The van der Waals surface area contributed by atoms with Crippen molar-refractivity contribution in [1.82, 2.24) is 10.3 Å². The highest BCUT2D eigenvalue weighted by atomic mass is 15.1. The van der Waals surface area contributed by atoms with E-state index in [1.165, 1.54) is 18.5 Å². The van der Waals surface area contributed by atoms with E-state index < -0.39 is 0 Å². The molecule has 18 heavy (non-hydrogen) atoms. The van der Waals surface area contributed by atoms with Crippen LogP contribution in [-0.4, -0.2) is 25.1 Å². The van der Waals surface area contributed by atoms with Crippen LogP contribution in [0.4, 0.5) is 5.69 Å². The number of rotatable bonds is 3. The van der Waals surface area contributed by atoms with Gasteiger partial charge in [0.1, 0.15) is 0 Å². The Morgan fingerprint density at radius 2 is 1.94 bits per heavy atom. The fourth-order valence-corrected chi connectivity index (χ4v) is 2.36. The summed E-state index contributed by atoms with van der Waals surface area (Å²) in [7, 11) is 1.97. The molecule has 0 bridgehead atoms. The molecule has 3 nitrogen and oxygen atoms in total. The fourth-order valence-electron chi connectivity index (χ4n) is 2.36. The first kappa shape index (κ1) is 13.3. The van der Waals surface area contributed by atoms with Crippen LogP contribution < -0.4 is 10.2 Å². The molecule has 2 heterocycles. The Labute approximate surface area is 111 Å². The van der Waals surface area contributed by atoms with Crippen molar-refractivity contribution >= 4 is 5.69 Å². The standard InChI is InChI=1S/C15H25N3/c1-12(16-4)14-6-5-13(11-17-14)18-9-7-15(2,3)8-10-18/h5-6,11-12,16H,7-10H2,1-4H3. The van der Waals surface area contributed by atoms with Crippen molar-refractivity contribution in [2.45, 2.75) is 39.7 Å². The third kappa shape index (κ3) is 3.02. The quantitative estimate of drug-likeness (QED) is 0.890. The van der Waals surface area contributed by atoms with E-state index in [1.807, 2.05) is 13.2 Å². The molecular formula is C15H25N3. The van der Waals surface area contributed by atoms with Crippen LogP contribution in [0.1, 0.15) is 45.3 Å². The molecule has 1 unspecified atom stereocenters. The molecule has 1 N–H and O–H groups in total. The van der Waals surface area contributed by atoms with E-state index in [0.29, 0.717) is 11.5 Å². The van der Waals surface area contributed by atoms with Gasteiger partial charge in [-0.15, -0.1) is 0 Å². The molecule has 1 saturated heterocycles. The maximum Gasteiger partial charge on any atom is 0.0571 e. The highest BCUT2D eigenvalue weighted by Crippen LogP contribution is 2.32. The number of nitrogens with one attached hydrogen (secondary N) is 1. The SMILES string of the molecule is CNC(C)c1ccc(N2CCC(C)(C)CC2)cn1. The van der Waals surface area contributed by atoms with Crippen LogP contribution in [0, 0.1) is 5.41 Å². The molecule has 1 atom stereocenters. The molecular weight excluding hydrogens is 222 g/mol. The van der Waals surface area contributed by atoms with E-state index in [-0.39, 0.29) is 0 Å². The van der Waals surface area contributed by atoms with Gasteiger partial charge in [-0.1, -0.05) is 13.8 Å². The lowest BCUT2D eigenvalue weighted by Crippen LogP contribution is -2.37. The molecule has 1 aliphatic rings. The third-order valence-electron chi connectivity index (χ3n) is 4.13. The first-order valence-electron chi connectivity index (χ1n) is 6.90. The molecule has 1 aliphatic heterocycles. The van der Waals surface area contributed by atoms with Gasteiger partial charge in [0.15, 0.2) is 0 Å². The van der Waals surface area contributed by atoms with E-state index in [2.05, 4.69) is 48.1 Å². The van der Waals surface area contributed by atoms with Crippen LogP contribution in [0.5, 0.6) is 0 Å². The van der Waals surface area contributed by atoms with Gasteiger partial charge in [0, 0.05) is 19.1 Å². The van der Waals surface area contributed by atoms with Gasteiger partial charge < -0.3 is 10.2 Å². The Kier molecular flexibility index (Phi) is 3.91. The van der Waals surface area contributed by atoms with Gasteiger partial charge >= 0.3 is 0 Å². The van der Waals surface area contributed by atoms with Crippen molar-refractivity contribution in [2.75, 3.05) is 25.0 Å². The van der Waals surface area contributed by atoms with Crippen LogP contribution in [0.25, 0.3) is 0 Å². The lowest BCUT2D eigenvalue weighted by Gasteiger charge is -2.38. The average molecular weight is 247 g/mol. The number of anilines is 1. The van der Waals surface area contributed by atoms with Gasteiger partial charge in [-0.3, -0.25) is 4.98 Å². The smallest absolute Gasteiger partial charge is 0.0571 e. The van der Waals surface area contributed by atoms with Gasteiger partial charge in [-0.2, -0.15) is 0 Å². The van der Waals surface area contributed by atoms with E-state index in [4.69, 9.17) is 0 Å². The minimum absolute atomic E-state index is 0.319. The second kappa shape index (κ2) is 5.27. The van der Waals surface area contributed by atoms with Gasteiger partial charge in [-0.25, -0.2) is 0 Å². The molecule has 100 valence electrons. The van der Waals surface area contributed by atoms with E-state index in [1.54, 1.807) is 0 Å². The van der Waals surface area contributed by atoms with Crippen molar-refractivity contribution in [3.63, 3.8) is 0 Å². The predicted molar refractivity (Wildman–Crippen MR) is 76.9 cm³/mol. The summed E-state index contributed by atoms with van der Waals surface area (Å²) in [4.78, 5) is 7.01. The maximum atomic E-state index is 4.56. The molecule has 0 aliphatic carbocycles.